The normalized spacial score (nSPS) is 21.2. The van der Waals surface area contributed by atoms with Crippen LogP contribution in [0.4, 0.5) is 5.69 Å². The molecule has 1 N–H and O–H groups in total. The average Bonchev–Trinajstić information content (AvgIpc) is 2.67. The average molecular weight is 284 g/mol. The summed E-state index contributed by atoms with van der Waals surface area (Å²) in [6.45, 7) is 1.63. The molecule has 0 bridgehead atoms. The minimum absolute atomic E-state index is 0.0159. The summed E-state index contributed by atoms with van der Waals surface area (Å²) in [5, 5.41) is 9.02. The van der Waals surface area contributed by atoms with E-state index in [0.29, 0.717) is 6.42 Å². The fourth-order valence-electron chi connectivity index (χ4n) is 2.37. The van der Waals surface area contributed by atoms with E-state index in [9.17, 15) is 13.2 Å². The first kappa shape index (κ1) is 13.8. The summed E-state index contributed by atoms with van der Waals surface area (Å²) in [5.41, 5.74) is 1.58. The predicted molar refractivity (Wildman–Crippen MR) is 71.0 cm³/mol. The van der Waals surface area contributed by atoms with Crippen LogP contribution in [0.25, 0.3) is 0 Å². The summed E-state index contributed by atoms with van der Waals surface area (Å²) in [7, 11) is -3.05. The van der Waals surface area contributed by atoms with Gasteiger partial charge in [-0.05, 0) is 25.0 Å². The van der Waals surface area contributed by atoms with Crippen molar-refractivity contribution in [2.45, 2.75) is 19.4 Å². The van der Waals surface area contributed by atoms with E-state index in [1.165, 1.54) is 0 Å². The molecule has 1 aliphatic heterocycles. The molecule has 0 aromatic carbocycles. The summed E-state index contributed by atoms with van der Waals surface area (Å²) in [6.07, 6.45) is 3.70. The van der Waals surface area contributed by atoms with Gasteiger partial charge in [0.25, 0.3) is 0 Å². The number of anilines is 1. The van der Waals surface area contributed by atoms with Crippen LogP contribution in [0.15, 0.2) is 18.5 Å². The summed E-state index contributed by atoms with van der Waals surface area (Å²) < 4.78 is 23.1. The smallest absolute Gasteiger partial charge is 0.323 e. The lowest BCUT2D eigenvalue weighted by Crippen LogP contribution is -2.40. The van der Waals surface area contributed by atoms with E-state index in [1.54, 1.807) is 23.4 Å². The minimum Gasteiger partial charge on any atom is -0.480 e. The van der Waals surface area contributed by atoms with Gasteiger partial charge in [-0.3, -0.25) is 9.78 Å². The second-order valence-electron chi connectivity index (χ2n) is 4.74. The quantitative estimate of drug-likeness (QED) is 0.864. The fourth-order valence-corrected chi connectivity index (χ4v) is 4.10. The van der Waals surface area contributed by atoms with Crippen molar-refractivity contribution in [2.75, 3.05) is 23.0 Å². The number of rotatable bonds is 4. The Kier molecular flexibility index (Phi) is 3.75. The zero-order valence-corrected chi connectivity index (χ0v) is 11.4. The number of carboxylic acids is 1. The molecule has 0 spiro atoms. The zero-order valence-electron chi connectivity index (χ0n) is 10.6. The second-order valence-corrected chi connectivity index (χ2v) is 6.97. The highest BCUT2D eigenvalue weighted by atomic mass is 32.2. The molecule has 0 aliphatic carbocycles. The molecule has 1 unspecified atom stereocenters. The van der Waals surface area contributed by atoms with Crippen molar-refractivity contribution in [1.82, 2.24) is 4.98 Å². The van der Waals surface area contributed by atoms with E-state index in [4.69, 9.17) is 5.11 Å². The Morgan fingerprint density at radius 3 is 2.84 bits per heavy atom. The summed E-state index contributed by atoms with van der Waals surface area (Å²) in [5.74, 6) is -0.833. The maximum Gasteiger partial charge on any atom is 0.323 e. The molecule has 1 aliphatic rings. The highest BCUT2D eigenvalue weighted by molar-refractivity contribution is 7.91. The Balaban J connectivity index is 2.32. The van der Waals surface area contributed by atoms with Gasteiger partial charge in [0.2, 0.25) is 0 Å². The van der Waals surface area contributed by atoms with Crippen molar-refractivity contribution in [3.63, 3.8) is 0 Å². The molecule has 1 saturated heterocycles. The van der Waals surface area contributed by atoms with Crippen molar-refractivity contribution >= 4 is 21.5 Å². The third-order valence-corrected chi connectivity index (χ3v) is 5.01. The van der Waals surface area contributed by atoms with Gasteiger partial charge < -0.3 is 10.0 Å². The third-order valence-electron chi connectivity index (χ3n) is 3.25. The molecule has 19 heavy (non-hydrogen) atoms. The maximum absolute atomic E-state index is 11.6. The molecule has 0 amide bonds. The predicted octanol–water partition coefficient (Wildman–Crippen LogP) is 0.468. The first-order valence-corrected chi connectivity index (χ1v) is 7.80. The number of sulfone groups is 1. The van der Waals surface area contributed by atoms with Crippen LogP contribution in [-0.4, -0.2) is 48.6 Å². The summed E-state index contributed by atoms with van der Waals surface area (Å²) >= 11 is 0. The number of carbonyl (C=O) groups is 1. The Labute approximate surface area is 112 Å². The number of nitrogens with zero attached hydrogens (tertiary/aromatic N) is 2. The standard InChI is InChI=1S/C12H16N2O4S/c1-9-6-13-4-2-11(9)14(7-12(15)16)10-3-5-19(17,18)8-10/h2,4,6,10H,3,5,7-8H2,1H3,(H,15,16). The monoisotopic (exact) mass is 284 g/mol. The van der Waals surface area contributed by atoms with Gasteiger partial charge in [-0.1, -0.05) is 0 Å². The van der Waals surface area contributed by atoms with Gasteiger partial charge in [0, 0.05) is 24.1 Å². The molecule has 104 valence electrons. The van der Waals surface area contributed by atoms with Crippen LogP contribution in [0, 0.1) is 6.92 Å². The SMILES string of the molecule is Cc1cnccc1N(CC(=O)O)C1CCS(=O)(=O)C1. The molecule has 1 aromatic rings. The van der Waals surface area contributed by atoms with Gasteiger partial charge >= 0.3 is 5.97 Å². The molecule has 7 heteroatoms. The second kappa shape index (κ2) is 5.16. The molecule has 0 saturated carbocycles. The summed E-state index contributed by atoms with van der Waals surface area (Å²) in [4.78, 5) is 16.6. The number of aryl methyl sites for hydroxylation is 1. The van der Waals surface area contributed by atoms with E-state index in [-0.39, 0.29) is 24.1 Å². The Morgan fingerprint density at radius 2 is 2.32 bits per heavy atom. The molecular formula is C12H16N2O4S. The Morgan fingerprint density at radius 1 is 1.58 bits per heavy atom. The topological polar surface area (TPSA) is 87.6 Å². The number of aliphatic carboxylic acids is 1. The van der Waals surface area contributed by atoms with Gasteiger partial charge in [-0.15, -0.1) is 0 Å². The molecule has 2 heterocycles. The Bertz CT molecular complexity index is 585. The van der Waals surface area contributed by atoms with E-state index < -0.39 is 15.8 Å². The first-order chi connectivity index (χ1) is 8.89. The van der Waals surface area contributed by atoms with E-state index in [2.05, 4.69) is 4.98 Å². The number of carboxylic acid groups (broad SMARTS) is 1. The van der Waals surface area contributed by atoms with Gasteiger partial charge in [0.05, 0.1) is 11.5 Å². The van der Waals surface area contributed by atoms with Crippen molar-refractivity contribution in [3.05, 3.63) is 24.0 Å². The molecular weight excluding hydrogens is 268 g/mol. The fraction of sp³-hybridized carbons (Fsp3) is 0.500. The lowest BCUT2D eigenvalue weighted by molar-refractivity contribution is -0.135. The van der Waals surface area contributed by atoms with Crippen LogP contribution >= 0.6 is 0 Å². The van der Waals surface area contributed by atoms with Crippen LogP contribution in [0.3, 0.4) is 0 Å². The van der Waals surface area contributed by atoms with Crippen molar-refractivity contribution in [2.24, 2.45) is 0 Å². The van der Waals surface area contributed by atoms with Crippen molar-refractivity contribution in [1.29, 1.82) is 0 Å². The van der Waals surface area contributed by atoms with Gasteiger partial charge in [0.1, 0.15) is 6.54 Å². The van der Waals surface area contributed by atoms with Crippen LogP contribution in [0.5, 0.6) is 0 Å². The number of hydrogen-bond acceptors (Lipinski definition) is 5. The molecule has 1 atom stereocenters. The highest BCUT2D eigenvalue weighted by Gasteiger charge is 2.33. The molecule has 2 rings (SSSR count). The van der Waals surface area contributed by atoms with Crippen LogP contribution < -0.4 is 4.90 Å². The number of pyridine rings is 1. The largest absolute Gasteiger partial charge is 0.480 e. The van der Waals surface area contributed by atoms with E-state index in [0.717, 1.165) is 11.3 Å². The minimum atomic E-state index is -3.05. The van der Waals surface area contributed by atoms with Crippen LogP contribution in [0.2, 0.25) is 0 Å². The Hall–Kier alpha value is -1.63. The van der Waals surface area contributed by atoms with E-state index in [1.807, 2.05) is 6.92 Å². The van der Waals surface area contributed by atoms with Crippen LogP contribution in [0.1, 0.15) is 12.0 Å². The van der Waals surface area contributed by atoms with E-state index >= 15 is 0 Å². The lowest BCUT2D eigenvalue weighted by atomic mass is 10.1. The number of hydrogen-bond donors (Lipinski definition) is 1. The van der Waals surface area contributed by atoms with Crippen molar-refractivity contribution in [3.8, 4) is 0 Å². The molecule has 0 radical (unpaired) electrons. The van der Waals surface area contributed by atoms with Gasteiger partial charge in [-0.25, -0.2) is 8.42 Å². The van der Waals surface area contributed by atoms with Gasteiger partial charge in [-0.2, -0.15) is 0 Å². The highest BCUT2D eigenvalue weighted by Crippen LogP contribution is 2.26. The molecule has 6 nitrogen and oxygen atoms in total. The maximum atomic E-state index is 11.6. The van der Waals surface area contributed by atoms with Gasteiger partial charge in [0.15, 0.2) is 9.84 Å². The van der Waals surface area contributed by atoms with Crippen LogP contribution in [-0.2, 0) is 14.6 Å². The van der Waals surface area contributed by atoms with Crippen molar-refractivity contribution < 1.29 is 18.3 Å². The first-order valence-electron chi connectivity index (χ1n) is 5.98. The molecule has 1 aromatic heterocycles. The third kappa shape index (κ3) is 3.23. The lowest BCUT2D eigenvalue weighted by Gasteiger charge is -2.29. The number of aromatic nitrogens is 1. The molecule has 1 fully saturated rings. The zero-order chi connectivity index (χ0) is 14.0. The summed E-state index contributed by atoms with van der Waals surface area (Å²) in [6, 6.07) is 1.45.